The first-order chi connectivity index (χ1) is 4.72. The number of halogens is 7. The van der Waals surface area contributed by atoms with E-state index in [1.54, 1.807) is 16.3 Å². The minimum Gasteiger partial charge on any atom is -0.238 e. The van der Waals surface area contributed by atoms with Gasteiger partial charge in [0.1, 0.15) is 16.3 Å². The molecule has 0 saturated carbocycles. The molecule has 0 N–H and O–H groups in total. The van der Waals surface area contributed by atoms with E-state index in [2.05, 4.69) is 3.83 Å². The van der Waals surface area contributed by atoms with Crippen LogP contribution >= 0.6 is 16.3 Å². The monoisotopic (exact) mass is 246 g/mol. The molecule has 1 unspecified atom stereocenters. The lowest BCUT2D eigenvalue weighted by molar-refractivity contribution is -0.298. The van der Waals surface area contributed by atoms with Crippen LogP contribution in [0.15, 0.2) is 0 Å². The van der Waals surface area contributed by atoms with Gasteiger partial charge in [0.2, 0.25) is 0 Å². The third-order valence-electron chi connectivity index (χ3n) is 0.685. The van der Waals surface area contributed by atoms with Crippen LogP contribution in [0.25, 0.3) is 0 Å². The lowest BCUT2D eigenvalue weighted by atomic mass is 10.3. The molecule has 68 valence electrons. The van der Waals surface area contributed by atoms with Crippen LogP contribution < -0.4 is 0 Å². The summed E-state index contributed by atoms with van der Waals surface area (Å²) >= 11 is 1.57. The topological polar surface area (TPSA) is 9.23 Å². The second kappa shape index (κ2) is 3.18. The van der Waals surface area contributed by atoms with Gasteiger partial charge in [-0.3, -0.25) is 0 Å². The Hall–Kier alpha value is 0.0200. The molecule has 0 aliphatic rings. The van der Waals surface area contributed by atoms with Crippen molar-refractivity contribution in [2.45, 2.75) is 18.5 Å². The van der Waals surface area contributed by atoms with E-state index in [1.165, 1.54) is 0 Å². The maximum Gasteiger partial charge on any atom is 0.428 e. The molecule has 0 spiro atoms. The Morgan fingerprint density at radius 1 is 1.09 bits per heavy atom. The highest BCUT2D eigenvalue weighted by Gasteiger charge is 2.58. The normalized spacial score (nSPS) is 16.6. The molecule has 0 heterocycles. The highest BCUT2D eigenvalue weighted by atomic mass is 79.9. The van der Waals surface area contributed by atoms with Crippen molar-refractivity contribution in [3.8, 4) is 0 Å². The van der Waals surface area contributed by atoms with Crippen molar-refractivity contribution in [1.82, 2.24) is 0 Å². The van der Waals surface area contributed by atoms with Crippen LogP contribution in [0.2, 0.25) is 0 Å². The zero-order chi connectivity index (χ0) is 9.28. The molecule has 0 aliphatic heterocycles. The Balaban J connectivity index is 4.35. The minimum atomic E-state index is -5.63. The van der Waals surface area contributed by atoms with Crippen molar-refractivity contribution >= 4 is 16.3 Å². The fourth-order valence-corrected chi connectivity index (χ4v) is 0.394. The van der Waals surface area contributed by atoms with Crippen LogP contribution in [-0.4, -0.2) is 18.5 Å². The van der Waals surface area contributed by atoms with Gasteiger partial charge in [0, 0.05) is 0 Å². The molecule has 11 heavy (non-hydrogen) atoms. The minimum absolute atomic E-state index is 1.57. The van der Waals surface area contributed by atoms with Gasteiger partial charge in [-0.2, -0.15) is 22.0 Å². The number of hydrogen-bond acceptors (Lipinski definition) is 1. The van der Waals surface area contributed by atoms with Crippen LogP contribution in [0.4, 0.5) is 26.3 Å². The average molecular weight is 247 g/mol. The highest BCUT2D eigenvalue weighted by Crippen LogP contribution is 2.36. The van der Waals surface area contributed by atoms with Gasteiger partial charge in [0.25, 0.3) is 6.17 Å². The van der Waals surface area contributed by atoms with Gasteiger partial charge in [-0.05, 0) is 0 Å². The van der Waals surface area contributed by atoms with Crippen LogP contribution in [0.3, 0.4) is 0 Å². The van der Waals surface area contributed by atoms with Gasteiger partial charge >= 0.3 is 12.3 Å². The summed E-state index contributed by atoms with van der Waals surface area (Å²) in [5.74, 6) is 0. The molecule has 0 fully saturated rings. The second-order valence-electron chi connectivity index (χ2n) is 1.54. The van der Waals surface area contributed by atoms with Crippen LogP contribution in [0.5, 0.6) is 0 Å². The summed E-state index contributed by atoms with van der Waals surface area (Å²) in [6.07, 6.45) is -14.8. The van der Waals surface area contributed by atoms with E-state index in [0.29, 0.717) is 0 Å². The van der Waals surface area contributed by atoms with E-state index < -0.39 is 18.5 Å². The summed E-state index contributed by atoms with van der Waals surface area (Å²) in [7, 11) is 0. The lowest BCUT2D eigenvalue weighted by Gasteiger charge is -2.18. The Bertz CT molecular complexity index is 132. The quantitative estimate of drug-likeness (QED) is 0.681. The Morgan fingerprint density at radius 2 is 1.45 bits per heavy atom. The van der Waals surface area contributed by atoms with Crippen molar-refractivity contribution in [3.63, 3.8) is 0 Å². The zero-order valence-electron chi connectivity index (χ0n) is 4.63. The van der Waals surface area contributed by atoms with Crippen LogP contribution in [0, 0.1) is 0 Å². The smallest absolute Gasteiger partial charge is 0.238 e. The molecular weight excluding hydrogens is 246 g/mol. The largest absolute Gasteiger partial charge is 0.428 e. The lowest BCUT2D eigenvalue weighted by Crippen LogP contribution is -2.41. The molecule has 0 saturated heterocycles. The van der Waals surface area contributed by atoms with E-state index in [0.717, 1.165) is 0 Å². The molecule has 1 nitrogen and oxygen atoms in total. The third kappa shape index (κ3) is 2.86. The Labute approximate surface area is 65.8 Å². The summed E-state index contributed by atoms with van der Waals surface area (Å²) in [6.45, 7) is 0. The SMILES string of the molecule is FC(C(F)(F)F)C(F)(F)OBr. The van der Waals surface area contributed by atoms with Gasteiger partial charge in [-0.25, -0.2) is 8.22 Å². The summed E-state index contributed by atoms with van der Waals surface area (Å²) in [6, 6.07) is 0. The summed E-state index contributed by atoms with van der Waals surface area (Å²) in [5.41, 5.74) is 0. The highest BCUT2D eigenvalue weighted by molar-refractivity contribution is 9.06. The maximum atomic E-state index is 11.7. The van der Waals surface area contributed by atoms with Gasteiger partial charge in [-0.1, -0.05) is 0 Å². The van der Waals surface area contributed by atoms with E-state index in [1.807, 2.05) is 0 Å². The molecule has 0 aromatic rings. The van der Waals surface area contributed by atoms with Gasteiger partial charge in [0.15, 0.2) is 0 Å². The molecule has 0 bridgehead atoms. The van der Waals surface area contributed by atoms with Gasteiger partial charge in [-0.15, -0.1) is 0 Å². The molecular formula is C3HBrF6O. The van der Waals surface area contributed by atoms with E-state index in [9.17, 15) is 26.3 Å². The molecule has 1 atom stereocenters. The second-order valence-corrected chi connectivity index (χ2v) is 1.87. The Kier molecular flexibility index (Phi) is 3.18. The average Bonchev–Trinajstić information content (AvgIpc) is 1.84. The zero-order valence-corrected chi connectivity index (χ0v) is 6.22. The molecule has 0 aromatic carbocycles. The summed E-state index contributed by atoms with van der Waals surface area (Å²) in [4.78, 5) is 0. The number of alkyl halides is 6. The first-order valence-corrected chi connectivity index (χ1v) is 2.75. The van der Waals surface area contributed by atoms with Gasteiger partial charge in [0.05, 0.1) is 0 Å². The van der Waals surface area contributed by atoms with E-state index >= 15 is 0 Å². The standard InChI is InChI=1S/C3HBrF6O/c4-11-3(9,10)1(5)2(6,7)8/h1H. The third-order valence-corrected chi connectivity index (χ3v) is 1.12. The molecule has 0 aromatic heterocycles. The van der Waals surface area contributed by atoms with Crippen molar-refractivity contribution in [2.75, 3.05) is 0 Å². The Morgan fingerprint density at radius 3 is 1.55 bits per heavy atom. The van der Waals surface area contributed by atoms with Gasteiger partial charge < -0.3 is 0 Å². The molecule has 0 amide bonds. The molecule has 0 rings (SSSR count). The van der Waals surface area contributed by atoms with Crippen LogP contribution in [-0.2, 0) is 3.83 Å². The number of hydrogen-bond donors (Lipinski definition) is 0. The van der Waals surface area contributed by atoms with Crippen molar-refractivity contribution in [2.24, 2.45) is 0 Å². The first kappa shape index (κ1) is 11.0. The fourth-order valence-electron chi connectivity index (χ4n) is 0.230. The van der Waals surface area contributed by atoms with Crippen molar-refractivity contribution in [3.05, 3.63) is 0 Å². The van der Waals surface area contributed by atoms with Crippen molar-refractivity contribution in [1.29, 1.82) is 0 Å². The fraction of sp³-hybridized carbons (Fsp3) is 1.00. The molecule has 0 radical (unpaired) electrons. The number of rotatable bonds is 2. The predicted molar refractivity (Wildman–Crippen MR) is 25.9 cm³/mol. The van der Waals surface area contributed by atoms with E-state index in [4.69, 9.17) is 0 Å². The first-order valence-electron chi connectivity index (χ1n) is 2.10. The van der Waals surface area contributed by atoms with E-state index in [-0.39, 0.29) is 0 Å². The summed E-state index contributed by atoms with van der Waals surface area (Å²) < 4.78 is 71.4. The molecule has 8 heteroatoms. The molecule has 0 aliphatic carbocycles. The van der Waals surface area contributed by atoms with Crippen molar-refractivity contribution < 1.29 is 30.2 Å². The predicted octanol–water partition coefficient (Wildman–Crippen LogP) is 2.81. The van der Waals surface area contributed by atoms with Crippen LogP contribution in [0.1, 0.15) is 0 Å². The maximum absolute atomic E-state index is 11.7. The summed E-state index contributed by atoms with van der Waals surface area (Å²) in [5, 5.41) is 0.